The molecule has 0 bridgehead atoms. The van der Waals surface area contributed by atoms with Gasteiger partial charge in [0.2, 0.25) is 5.88 Å². The number of carbonyl (C=O) groups is 2. The highest BCUT2D eigenvalue weighted by molar-refractivity contribution is 6.30. The van der Waals surface area contributed by atoms with Gasteiger partial charge in [-0.15, -0.1) is 0 Å². The first-order valence-corrected chi connectivity index (χ1v) is 17.6. The number of hydrogen-bond acceptors (Lipinski definition) is 7. The molecule has 0 radical (unpaired) electrons. The van der Waals surface area contributed by atoms with Crippen LogP contribution in [0.25, 0.3) is 17.2 Å². The van der Waals surface area contributed by atoms with Crippen molar-refractivity contribution in [3.63, 3.8) is 0 Å². The van der Waals surface area contributed by atoms with E-state index < -0.39 is 12.1 Å². The predicted molar refractivity (Wildman–Crippen MR) is 202 cm³/mol. The van der Waals surface area contributed by atoms with Crippen molar-refractivity contribution in [2.24, 2.45) is 0 Å². The van der Waals surface area contributed by atoms with E-state index in [1.807, 2.05) is 42.5 Å². The second kappa shape index (κ2) is 18.8. The van der Waals surface area contributed by atoms with Crippen LogP contribution < -0.4 is 4.74 Å². The fourth-order valence-corrected chi connectivity index (χ4v) is 6.16. The maximum atomic E-state index is 10.8. The molecule has 0 aliphatic carbocycles. The summed E-state index contributed by atoms with van der Waals surface area (Å²) in [4.78, 5) is 35.3. The van der Waals surface area contributed by atoms with E-state index in [2.05, 4.69) is 63.1 Å². The predicted octanol–water partition coefficient (Wildman–Crippen LogP) is 8.33. The molecule has 2 fully saturated rings. The van der Waals surface area contributed by atoms with Crippen LogP contribution in [0, 0.1) is 6.92 Å². The summed E-state index contributed by atoms with van der Waals surface area (Å²) in [5.41, 5.74) is 7.46. The topological polar surface area (TPSA) is 116 Å². The average molecular weight is 707 g/mol. The highest BCUT2D eigenvalue weighted by Crippen LogP contribution is 2.26. The molecular weight excluding hydrogens is 664 g/mol. The fourth-order valence-electron chi connectivity index (χ4n) is 6.04. The quantitative estimate of drug-likeness (QED) is 0.117. The molecule has 2 saturated heterocycles. The molecule has 2 N–H and O–H groups in total. The van der Waals surface area contributed by atoms with E-state index in [1.165, 1.54) is 37.3 Å². The smallest absolute Gasteiger partial charge is 0.478 e. The van der Waals surface area contributed by atoms with Crippen molar-refractivity contribution in [2.45, 2.75) is 32.6 Å². The number of aryl methyl sites for hydroxylation is 1. The van der Waals surface area contributed by atoms with Crippen LogP contribution in [0.15, 0.2) is 103 Å². The van der Waals surface area contributed by atoms with Gasteiger partial charge in [-0.05, 0) is 106 Å². The molecule has 4 aromatic rings. The number of aromatic nitrogens is 2. The van der Waals surface area contributed by atoms with Gasteiger partial charge in [-0.25, -0.2) is 19.6 Å². The molecule has 2 aromatic heterocycles. The number of pyridine rings is 2. The Balaban J connectivity index is 0.000000198. The minimum absolute atomic E-state index is 0.0872. The maximum Gasteiger partial charge on any atom is 0.512 e. The third-order valence-corrected chi connectivity index (χ3v) is 8.91. The summed E-state index contributed by atoms with van der Waals surface area (Å²) in [5, 5.41) is 18.3. The zero-order valence-corrected chi connectivity index (χ0v) is 29.5. The van der Waals surface area contributed by atoms with Crippen LogP contribution in [0.3, 0.4) is 0 Å². The first-order chi connectivity index (χ1) is 24.7. The number of carboxylic acid groups (broad SMARTS) is 2. The number of halogens is 1. The molecule has 0 amide bonds. The molecule has 4 heterocycles. The second-order valence-corrected chi connectivity index (χ2v) is 12.9. The molecule has 51 heavy (non-hydrogen) atoms. The van der Waals surface area contributed by atoms with Gasteiger partial charge in [0.1, 0.15) is 0 Å². The van der Waals surface area contributed by atoms with Crippen molar-refractivity contribution in [1.29, 1.82) is 0 Å². The van der Waals surface area contributed by atoms with E-state index >= 15 is 0 Å². The summed E-state index contributed by atoms with van der Waals surface area (Å²) in [6.07, 6.45) is 10.6. The maximum absolute atomic E-state index is 10.8. The van der Waals surface area contributed by atoms with Crippen LogP contribution in [-0.2, 0) is 4.79 Å². The van der Waals surface area contributed by atoms with Crippen LogP contribution >= 0.6 is 11.6 Å². The molecular formula is C41H43ClN4O5. The first-order valence-electron chi connectivity index (χ1n) is 17.2. The number of benzene rings is 2. The molecule has 0 unspecified atom stereocenters. The van der Waals surface area contributed by atoms with Crippen LogP contribution in [0.1, 0.15) is 59.5 Å². The van der Waals surface area contributed by atoms with E-state index in [1.54, 1.807) is 18.2 Å². The van der Waals surface area contributed by atoms with Crippen molar-refractivity contribution in [3.05, 3.63) is 142 Å². The average Bonchev–Trinajstić information content (AvgIpc) is 3.85. The van der Waals surface area contributed by atoms with Crippen LogP contribution in [0.5, 0.6) is 5.88 Å². The molecule has 264 valence electrons. The zero-order chi connectivity index (χ0) is 36.0. The summed E-state index contributed by atoms with van der Waals surface area (Å²) in [7, 11) is 0. The minimum atomic E-state index is -1.36. The van der Waals surface area contributed by atoms with Crippen molar-refractivity contribution in [1.82, 2.24) is 19.8 Å². The molecule has 10 heteroatoms. The Hall–Kier alpha value is -5.09. The largest absolute Gasteiger partial charge is 0.512 e. The Morgan fingerprint density at radius 1 is 0.725 bits per heavy atom. The van der Waals surface area contributed by atoms with E-state index in [9.17, 15) is 9.59 Å². The van der Waals surface area contributed by atoms with E-state index in [-0.39, 0.29) is 5.88 Å². The van der Waals surface area contributed by atoms with Crippen molar-refractivity contribution in [2.75, 3.05) is 39.3 Å². The highest BCUT2D eigenvalue weighted by atomic mass is 35.5. The number of nitrogens with zero attached hydrogens (tertiary/aromatic N) is 4. The van der Waals surface area contributed by atoms with E-state index in [4.69, 9.17) is 26.6 Å². The Bertz CT molecular complexity index is 1860. The standard InChI is InChI=1S/C21H21ClN2O2.C20H22N2O3/c22-17-8-6-16(7-9-17)19(12-15-24-13-1-2-14-24)20-5-3-4-18(23-20)10-11-21(25)26;1-15-7-9-16(10-8-15)17(11-14-22-12-2-3-13-22)18-5-4-6-19(21-18)25-20(23)24/h3-12H,1-2,13-15H2,(H,25,26);4-11H,2-3,12-14H2,1H3,(H,23,24)/b11-10+,19-12+;17-11+. The molecule has 2 aliphatic rings. The molecule has 0 saturated carbocycles. The fraction of sp³-hybridized carbons (Fsp3) is 0.268. The second-order valence-electron chi connectivity index (χ2n) is 12.5. The molecule has 2 aromatic carbocycles. The van der Waals surface area contributed by atoms with Gasteiger partial charge in [0.05, 0.1) is 17.1 Å². The molecule has 6 rings (SSSR count). The van der Waals surface area contributed by atoms with Gasteiger partial charge >= 0.3 is 12.1 Å². The highest BCUT2D eigenvalue weighted by Gasteiger charge is 2.15. The van der Waals surface area contributed by atoms with Gasteiger partial charge < -0.3 is 14.9 Å². The lowest BCUT2D eigenvalue weighted by atomic mass is 10.0. The van der Waals surface area contributed by atoms with Gasteiger partial charge in [-0.2, -0.15) is 0 Å². The number of rotatable bonds is 11. The lowest BCUT2D eigenvalue weighted by Crippen LogP contribution is -2.19. The Kier molecular flexibility index (Phi) is 13.7. The van der Waals surface area contributed by atoms with Crippen LogP contribution in [0.4, 0.5) is 4.79 Å². The summed E-state index contributed by atoms with van der Waals surface area (Å²) < 4.78 is 4.71. The molecule has 0 atom stereocenters. The summed E-state index contributed by atoms with van der Waals surface area (Å²) >= 11 is 6.03. The van der Waals surface area contributed by atoms with E-state index in [0.29, 0.717) is 16.4 Å². The number of ether oxygens (including phenoxy) is 1. The van der Waals surface area contributed by atoms with E-state index in [0.717, 1.165) is 73.3 Å². The first kappa shape index (κ1) is 37.2. The summed E-state index contributed by atoms with van der Waals surface area (Å²) in [6, 6.07) is 26.8. The summed E-state index contributed by atoms with van der Waals surface area (Å²) in [6.45, 7) is 8.26. The number of hydrogen-bond donors (Lipinski definition) is 2. The third kappa shape index (κ3) is 11.7. The number of carboxylic acids is 1. The van der Waals surface area contributed by atoms with Crippen molar-refractivity contribution >= 4 is 40.9 Å². The zero-order valence-electron chi connectivity index (χ0n) is 28.7. The van der Waals surface area contributed by atoms with Gasteiger partial charge in [0.15, 0.2) is 0 Å². The van der Waals surface area contributed by atoms with Gasteiger partial charge in [-0.1, -0.05) is 77.8 Å². The Labute approximate surface area is 304 Å². The molecule has 0 spiro atoms. The summed E-state index contributed by atoms with van der Waals surface area (Å²) in [5.74, 6) is -0.899. The van der Waals surface area contributed by atoms with Crippen LogP contribution in [-0.4, -0.2) is 81.4 Å². The lowest BCUT2D eigenvalue weighted by molar-refractivity contribution is -0.131. The third-order valence-electron chi connectivity index (χ3n) is 8.66. The molecule has 9 nitrogen and oxygen atoms in total. The Morgan fingerprint density at radius 2 is 1.24 bits per heavy atom. The molecule has 2 aliphatic heterocycles. The SMILES string of the molecule is Cc1ccc(/C(=C\CN2CCCC2)c2cccc(OC(=O)O)n2)cc1.O=C(O)/C=C/c1cccc(/C(=C/CN2CCCC2)c2ccc(Cl)cc2)n1. The van der Waals surface area contributed by atoms with Crippen molar-refractivity contribution < 1.29 is 24.5 Å². The lowest BCUT2D eigenvalue weighted by Gasteiger charge is -2.14. The number of likely N-dealkylation sites (tertiary alicyclic amines) is 2. The van der Waals surface area contributed by atoms with Gasteiger partial charge in [0.25, 0.3) is 0 Å². The normalized spacial score (nSPS) is 15.5. The van der Waals surface area contributed by atoms with Gasteiger partial charge in [0, 0.05) is 41.4 Å². The number of aliphatic carboxylic acids is 1. The van der Waals surface area contributed by atoms with Crippen LogP contribution in [0.2, 0.25) is 5.02 Å². The van der Waals surface area contributed by atoms with Gasteiger partial charge in [-0.3, -0.25) is 9.80 Å². The monoisotopic (exact) mass is 706 g/mol. The Morgan fingerprint density at radius 3 is 1.76 bits per heavy atom. The van der Waals surface area contributed by atoms with Crippen molar-refractivity contribution in [3.8, 4) is 5.88 Å². The minimum Gasteiger partial charge on any atom is -0.478 e.